The van der Waals surface area contributed by atoms with E-state index in [4.69, 9.17) is 15.6 Å². The molecule has 0 aliphatic heterocycles. The van der Waals surface area contributed by atoms with Crippen LogP contribution in [0.4, 0.5) is 0 Å². The van der Waals surface area contributed by atoms with E-state index in [0.29, 0.717) is 19.4 Å². The maximum absolute atomic E-state index is 11.5. The summed E-state index contributed by atoms with van der Waals surface area (Å²) in [7, 11) is 1.56. The van der Waals surface area contributed by atoms with Gasteiger partial charge < -0.3 is 20.9 Å². The van der Waals surface area contributed by atoms with Crippen molar-refractivity contribution in [3.8, 4) is 0 Å². The van der Waals surface area contributed by atoms with E-state index in [9.17, 15) is 4.79 Å². The van der Waals surface area contributed by atoms with Crippen LogP contribution >= 0.6 is 0 Å². The van der Waals surface area contributed by atoms with Crippen LogP contribution in [0.1, 0.15) is 26.2 Å². The maximum atomic E-state index is 11.5. The van der Waals surface area contributed by atoms with Gasteiger partial charge in [0.15, 0.2) is 0 Å². The van der Waals surface area contributed by atoms with Crippen LogP contribution in [0.2, 0.25) is 0 Å². The first-order valence-corrected chi connectivity index (χ1v) is 5.31. The van der Waals surface area contributed by atoms with E-state index in [2.05, 4.69) is 5.32 Å². The van der Waals surface area contributed by atoms with Gasteiger partial charge in [-0.25, -0.2) is 0 Å². The third-order valence-corrected chi connectivity index (χ3v) is 2.13. The lowest BCUT2D eigenvalue weighted by Crippen LogP contribution is -2.47. The topological polar surface area (TPSA) is 84.6 Å². The Hall–Kier alpha value is -0.650. The molecule has 1 amide bonds. The first-order valence-electron chi connectivity index (χ1n) is 5.31. The number of nitrogens with one attached hydrogen (secondary N) is 1. The average molecular weight is 218 g/mol. The Morgan fingerprint density at radius 2 is 2.20 bits per heavy atom. The molecule has 0 rings (SSSR count). The van der Waals surface area contributed by atoms with Crippen molar-refractivity contribution < 1.29 is 14.6 Å². The number of nitrogens with two attached hydrogens (primary N) is 1. The Kier molecular flexibility index (Phi) is 8.27. The molecule has 0 spiro atoms. The van der Waals surface area contributed by atoms with Crippen LogP contribution in [0, 0.1) is 0 Å². The van der Waals surface area contributed by atoms with E-state index in [0.717, 1.165) is 6.42 Å². The fourth-order valence-corrected chi connectivity index (χ4v) is 1.30. The zero-order valence-electron chi connectivity index (χ0n) is 9.53. The van der Waals surface area contributed by atoms with Gasteiger partial charge in [0.25, 0.3) is 0 Å². The van der Waals surface area contributed by atoms with Gasteiger partial charge in [0.1, 0.15) is 0 Å². The van der Waals surface area contributed by atoms with Crippen LogP contribution < -0.4 is 11.1 Å². The second-order valence-electron chi connectivity index (χ2n) is 3.57. The van der Waals surface area contributed by atoms with Crippen LogP contribution in [0.5, 0.6) is 0 Å². The summed E-state index contributed by atoms with van der Waals surface area (Å²) in [5, 5.41) is 11.5. The number of rotatable bonds is 8. The fraction of sp³-hybridized carbons (Fsp3) is 0.900. The monoisotopic (exact) mass is 218 g/mol. The molecule has 0 aliphatic carbocycles. The van der Waals surface area contributed by atoms with Gasteiger partial charge in [-0.05, 0) is 12.8 Å². The van der Waals surface area contributed by atoms with Gasteiger partial charge in [0, 0.05) is 13.7 Å². The van der Waals surface area contributed by atoms with Crippen molar-refractivity contribution >= 4 is 5.91 Å². The molecule has 4 N–H and O–H groups in total. The van der Waals surface area contributed by atoms with E-state index in [1.807, 2.05) is 6.92 Å². The summed E-state index contributed by atoms with van der Waals surface area (Å²) < 4.78 is 4.93. The van der Waals surface area contributed by atoms with Crippen molar-refractivity contribution in [2.75, 3.05) is 20.3 Å². The minimum atomic E-state index is -0.465. The summed E-state index contributed by atoms with van der Waals surface area (Å²) in [6, 6.07) is -0.622. The molecule has 0 radical (unpaired) electrons. The number of hydrogen-bond acceptors (Lipinski definition) is 4. The van der Waals surface area contributed by atoms with Crippen molar-refractivity contribution in [2.45, 2.75) is 38.3 Å². The predicted molar refractivity (Wildman–Crippen MR) is 58.4 cm³/mol. The van der Waals surface area contributed by atoms with Crippen molar-refractivity contribution in [3.05, 3.63) is 0 Å². The molecule has 0 fully saturated rings. The zero-order chi connectivity index (χ0) is 11.7. The summed E-state index contributed by atoms with van der Waals surface area (Å²) in [6.45, 7) is 2.40. The van der Waals surface area contributed by atoms with Gasteiger partial charge in [0.2, 0.25) is 5.91 Å². The molecule has 0 bridgehead atoms. The average Bonchev–Trinajstić information content (AvgIpc) is 2.18. The van der Waals surface area contributed by atoms with E-state index in [1.54, 1.807) is 7.11 Å². The number of hydrogen-bond donors (Lipinski definition) is 3. The summed E-state index contributed by atoms with van der Waals surface area (Å²) >= 11 is 0. The largest absolute Gasteiger partial charge is 0.396 e. The van der Waals surface area contributed by atoms with Crippen molar-refractivity contribution in [1.82, 2.24) is 5.32 Å². The second kappa shape index (κ2) is 8.64. The molecule has 0 aromatic heterocycles. The molecule has 15 heavy (non-hydrogen) atoms. The molecule has 90 valence electrons. The highest BCUT2D eigenvalue weighted by Gasteiger charge is 2.16. The molecule has 1 unspecified atom stereocenters. The lowest BCUT2D eigenvalue weighted by atomic mass is 10.1. The van der Waals surface area contributed by atoms with Gasteiger partial charge in [-0.2, -0.15) is 0 Å². The quantitative estimate of drug-likeness (QED) is 0.519. The summed E-state index contributed by atoms with van der Waals surface area (Å²) in [6.07, 6.45) is 2.03. The Labute approximate surface area is 91.0 Å². The van der Waals surface area contributed by atoms with Crippen molar-refractivity contribution in [2.24, 2.45) is 5.73 Å². The highest BCUT2D eigenvalue weighted by atomic mass is 16.5. The Balaban J connectivity index is 3.97. The van der Waals surface area contributed by atoms with Crippen molar-refractivity contribution in [3.63, 3.8) is 0 Å². The van der Waals surface area contributed by atoms with E-state index < -0.39 is 6.04 Å². The number of methoxy groups -OCH3 is 1. The highest BCUT2D eigenvalue weighted by molar-refractivity contribution is 5.81. The lowest BCUT2D eigenvalue weighted by Gasteiger charge is -2.19. The maximum Gasteiger partial charge on any atom is 0.237 e. The lowest BCUT2D eigenvalue weighted by molar-refractivity contribution is -0.123. The molecule has 0 aliphatic rings. The molecule has 0 heterocycles. The molecular weight excluding hydrogens is 196 g/mol. The summed E-state index contributed by atoms with van der Waals surface area (Å²) in [5.74, 6) is -0.174. The standard InChI is InChI=1S/C10H22N2O3/c1-3-4-9(11)10(14)12-8(5-6-13)7-15-2/h8-9,13H,3-7,11H2,1-2H3,(H,12,14)/t8?,9-/m0/s1. The molecule has 5 nitrogen and oxygen atoms in total. The summed E-state index contributed by atoms with van der Waals surface area (Å²) in [5.41, 5.74) is 5.65. The van der Waals surface area contributed by atoms with Crippen LogP contribution in [0.25, 0.3) is 0 Å². The fourth-order valence-electron chi connectivity index (χ4n) is 1.30. The Morgan fingerprint density at radius 1 is 1.53 bits per heavy atom. The highest BCUT2D eigenvalue weighted by Crippen LogP contribution is 1.97. The number of carbonyl (C=O) groups excluding carboxylic acids is 1. The Morgan fingerprint density at radius 3 is 2.67 bits per heavy atom. The summed E-state index contributed by atoms with van der Waals surface area (Å²) in [4.78, 5) is 11.5. The van der Waals surface area contributed by atoms with E-state index in [-0.39, 0.29) is 18.6 Å². The van der Waals surface area contributed by atoms with Gasteiger partial charge in [0.05, 0.1) is 18.7 Å². The zero-order valence-corrected chi connectivity index (χ0v) is 9.53. The van der Waals surface area contributed by atoms with Gasteiger partial charge >= 0.3 is 0 Å². The molecule has 0 aromatic rings. The SMILES string of the molecule is CCC[C@H](N)C(=O)NC(CCO)COC. The first kappa shape index (κ1) is 14.3. The first-order chi connectivity index (χ1) is 7.15. The van der Waals surface area contributed by atoms with E-state index in [1.165, 1.54) is 0 Å². The van der Waals surface area contributed by atoms with Crippen LogP contribution in [0.3, 0.4) is 0 Å². The molecule has 0 aromatic carbocycles. The smallest absolute Gasteiger partial charge is 0.237 e. The second-order valence-corrected chi connectivity index (χ2v) is 3.57. The van der Waals surface area contributed by atoms with Crippen molar-refractivity contribution in [1.29, 1.82) is 0 Å². The minimum Gasteiger partial charge on any atom is -0.396 e. The predicted octanol–water partition coefficient (Wildman–Crippen LogP) is -0.373. The van der Waals surface area contributed by atoms with Crippen LogP contribution in [-0.2, 0) is 9.53 Å². The molecule has 2 atom stereocenters. The van der Waals surface area contributed by atoms with Gasteiger partial charge in [-0.3, -0.25) is 4.79 Å². The number of aliphatic hydroxyl groups is 1. The van der Waals surface area contributed by atoms with Crippen LogP contribution in [0.15, 0.2) is 0 Å². The third kappa shape index (κ3) is 6.43. The Bertz CT molecular complexity index is 170. The number of carbonyl (C=O) groups is 1. The van der Waals surface area contributed by atoms with Gasteiger partial charge in [-0.15, -0.1) is 0 Å². The number of amides is 1. The molecular formula is C10H22N2O3. The number of ether oxygens (including phenoxy) is 1. The van der Waals surface area contributed by atoms with Gasteiger partial charge in [-0.1, -0.05) is 13.3 Å². The van der Waals surface area contributed by atoms with E-state index >= 15 is 0 Å². The molecule has 0 saturated carbocycles. The molecule has 5 heteroatoms. The molecule has 0 saturated heterocycles. The third-order valence-electron chi connectivity index (χ3n) is 2.13. The van der Waals surface area contributed by atoms with Crippen LogP contribution in [-0.4, -0.2) is 43.4 Å². The number of aliphatic hydroxyl groups excluding tert-OH is 1. The minimum absolute atomic E-state index is 0.0251. The normalized spacial score (nSPS) is 14.7.